The van der Waals surface area contributed by atoms with Gasteiger partial charge in [-0.05, 0) is 49.5 Å². The van der Waals surface area contributed by atoms with E-state index in [4.69, 9.17) is 0 Å². The molecule has 1 aliphatic rings. The molecule has 0 aliphatic carbocycles. The van der Waals surface area contributed by atoms with Crippen LogP contribution in [0.3, 0.4) is 0 Å². The van der Waals surface area contributed by atoms with E-state index in [9.17, 15) is 9.18 Å². The third-order valence-electron chi connectivity index (χ3n) is 3.34. The Bertz CT molecular complexity index is 385. The number of halogens is 1. The minimum atomic E-state index is -0.250. The van der Waals surface area contributed by atoms with Gasteiger partial charge in [-0.1, -0.05) is 12.1 Å². The predicted octanol–water partition coefficient (Wildman–Crippen LogP) is 1.83. The standard InChI is InChI=1S/C14H19FN2O/c15-13-3-1-12(2-4-13)10-17-14(18)9-11-5-7-16-8-6-11/h1-4,11,16H,5-10H2,(H,17,18). The highest BCUT2D eigenvalue weighted by atomic mass is 19.1. The van der Waals surface area contributed by atoms with Crippen molar-refractivity contribution in [3.05, 3.63) is 35.6 Å². The van der Waals surface area contributed by atoms with Gasteiger partial charge in [-0.25, -0.2) is 4.39 Å². The summed E-state index contributed by atoms with van der Waals surface area (Å²) in [5, 5.41) is 6.17. The van der Waals surface area contributed by atoms with Crippen molar-refractivity contribution in [3.63, 3.8) is 0 Å². The largest absolute Gasteiger partial charge is 0.352 e. The van der Waals surface area contributed by atoms with Crippen LogP contribution in [0.1, 0.15) is 24.8 Å². The van der Waals surface area contributed by atoms with Gasteiger partial charge in [0.1, 0.15) is 5.82 Å². The van der Waals surface area contributed by atoms with Crippen molar-refractivity contribution < 1.29 is 9.18 Å². The van der Waals surface area contributed by atoms with Crippen LogP contribution in [0.2, 0.25) is 0 Å². The molecule has 98 valence electrons. The van der Waals surface area contributed by atoms with Crippen molar-refractivity contribution in [3.8, 4) is 0 Å². The van der Waals surface area contributed by atoms with E-state index in [1.54, 1.807) is 12.1 Å². The molecule has 1 fully saturated rings. The minimum Gasteiger partial charge on any atom is -0.352 e. The Hall–Kier alpha value is -1.42. The van der Waals surface area contributed by atoms with Gasteiger partial charge in [0.15, 0.2) is 0 Å². The van der Waals surface area contributed by atoms with E-state index >= 15 is 0 Å². The number of piperidine rings is 1. The maximum Gasteiger partial charge on any atom is 0.220 e. The van der Waals surface area contributed by atoms with Gasteiger partial charge in [0.2, 0.25) is 5.91 Å². The maximum absolute atomic E-state index is 12.7. The molecule has 0 unspecified atom stereocenters. The first-order valence-electron chi connectivity index (χ1n) is 6.46. The molecule has 3 nitrogen and oxygen atoms in total. The van der Waals surface area contributed by atoms with E-state index < -0.39 is 0 Å². The zero-order chi connectivity index (χ0) is 12.8. The van der Waals surface area contributed by atoms with Crippen LogP contribution in [-0.2, 0) is 11.3 Å². The van der Waals surface area contributed by atoms with Gasteiger partial charge in [-0.2, -0.15) is 0 Å². The highest BCUT2D eigenvalue weighted by molar-refractivity contribution is 5.76. The molecular formula is C14H19FN2O. The first kappa shape index (κ1) is 13.0. The molecule has 0 bridgehead atoms. The van der Waals surface area contributed by atoms with E-state index in [1.165, 1.54) is 12.1 Å². The Morgan fingerprint density at radius 1 is 1.28 bits per heavy atom. The lowest BCUT2D eigenvalue weighted by Crippen LogP contribution is -2.32. The Morgan fingerprint density at radius 2 is 1.94 bits per heavy atom. The van der Waals surface area contributed by atoms with Crippen molar-refractivity contribution in [2.45, 2.75) is 25.8 Å². The van der Waals surface area contributed by atoms with Crippen molar-refractivity contribution in [1.82, 2.24) is 10.6 Å². The number of hydrogen-bond donors (Lipinski definition) is 2. The fraction of sp³-hybridized carbons (Fsp3) is 0.500. The average Bonchev–Trinajstić information content (AvgIpc) is 2.39. The number of rotatable bonds is 4. The third kappa shape index (κ3) is 4.11. The second-order valence-corrected chi connectivity index (χ2v) is 4.80. The summed E-state index contributed by atoms with van der Waals surface area (Å²) in [4.78, 5) is 11.7. The van der Waals surface area contributed by atoms with Crippen molar-refractivity contribution in [2.24, 2.45) is 5.92 Å². The van der Waals surface area contributed by atoms with Crippen LogP contribution in [0.5, 0.6) is 0 Å². The van der Waals surface area contributed by atoms with Gasteiger partial charge in [-0.3, -0.25) is 4.79 Å². The molecule has 18 heavy (non-hydrogen) atoms. The molecule has 2 rings (SSSR count). The number of nitrogens with one attached hydrogen (secondary N) is 2. The Morgan fingerprint density at radius 3 is 2.61 bits per heavy atom. The second kappa shape index (κ2) is 6.50. The van der Waals surface area contributed by atoms with Crippen molar-refractivity contribution >= 4 is 5.91 Å². The number of benzene rings is 1. The molecule has 0 aromatic heterocycles. The van der Waals surface area contributed by atoms with Crippen LogP contribution in [0.25, 0.3) is 0 Å². The van der Waals surface area contributed by atoms with E-state index in [1.807, 2.05) is 0 Å². The molecule has 2 N–H and O–H groups in total. The highest BCUT2D eigenvalue weighted by Crippen LogP contribution is 2.15. The molecule has 0 spiro atoms. The summed E-state index contributed by atoms with van der Waals surface area (Å²) in [6.45, 7) is 2.50. The third-order valence-corrected chi connectivity index (χ3v) is 3.34. The number of carbonyl (C=O) groups is 1. The lowest BCUT2D eigenvalue weighted by Gasteiger charge is -2.21. The summed E-state index contributed by atoms with van der Waals surface area (Å²) in [6, 6.07) is 6.21. The fourth-order valence-corrected chi connectivity index (χ4v) is 2.22. The monoisotopic (exact) mass is 250 g/mol. The number of amides is 1. The summed E-state index contributed by atoms with van der Waals surface area (Å²) >= 11 is 0. The van der Waals surface area contributed by atoms with Gasteiger partial charge in [-0.15, -0.1) is 0 Å². The lowest BCUT2D eigenvalue weighted by molar-refractivity contribution is -0.122. The normalized spacial score (nSPS) is 16.5. The van der Waals surface area contributed by atoms with Crippen molar-refractivity contribution in [1.29, 1.82) is 0 Å². The van der Waals surface area contributed by atoms with Crippen LogP contribution in [-0.4, -0.2) is 19.0 Å². The summed E-state index contributed by atoms with van der Waals surface area (Å²) in [5.41, 5.74) is 0.926. The molecule has 0 radical (unpaired) electrons. The van der Waals surface area contributed by atoms with E-state index in [0.717, 1.165) is 31.5 Å². The molecule has 1 heterocycles. The quantitative estimate of drug-likeness (QED) is 0.856. The van der Waals surface area contributed by atoms with Crippen LogP contribution >= 0.6 is 0 Å². The zero-order valence-electron chi connectivity index (χ0n) is 10.4. The Kier molecular flexibility index (Phi) is 4.70. The van der Waals surface area contributed by atoms with Crippen molar-refractivity contribution in [2.75, 3.05) is 13.1 Å². The minimum absolute atomic E-state index is 0.0891. The summed E-state index contributed by atoms with van der Waals surface area (Å²) in [6.07, 6.45) is 2.75. The Labute approximate surface area is 107 Å². The molecule has 1 saturated heterocycles. The zero-order valence-corrected chi connectivity index (χ0v) is 10.4. The molecular weight excluding hydrogens is 231 g/mol. The average molecular weight is 250 g/mol. The Balaban J connectivity index is 1.72. The first-order valence-corrected chi connectivity index (χ1v) is 6.46. The summed E-state index contributed by atoms with van der Waals surface area (Å²) < 4.78 is 12.7. The van der Waals surface area contributed by atoms with Gasteiger partial charge < -0.3 is 10.6 Å². The van der Waals surface area contributed by atoms with Crippen LogP contribution in [0, 0.1) is 11.7 Å². The molecule has 1 aliphatic heterocycles. The van der Waals surface area contributed by atoms with Crippen LogP contribution < -0.4 is 10.6 Å². The molecule has 0 atom stereocenters. The van der Waals surface area contributed by atoms with E-state index in [0.29, 0.717) is 18.9 Å². The lowest BCUT2D eigenvalue weighted by atomic mass is 9.94. The molecule has 1 aromatic rings. The topological polar surface area (TPSA) is 41.1 Å². The van der Waals surface area contributed by atoms with Crippen LogP contribution in [0.15, 0.2) is 24.3 Å². The number of hydrogen-bond acceptors (Lipinski definition) is 2. The highest BCUT2D eigenvalue weighted by Gasteiger charge is 2.16. The van der Waals surface area contributed by atoms with E-state index in [2.05, 4.69) is 10.6 Å². The first-order chi connectivity index (χ1) is 8.74. The molecule has 0 saturated carbocycles. The van der Waals surface area contributed by atoms with Gasteiger partial charge in [0, 0.05) is 13.0 Å². The summed E-state index contributed by atoms with van der Waals surface area (Å²) in [5.74, 6) is 0.338. The smallest absolute Gasteiger partial charge is 0.220 e. The predicted molar refractivity (Wildman–Crippen MR) is 68.5 cm³/mol. The fourth-order valence-electron chi connectivity index (χ4n) is 2.22. The SMILES string of the molecule is O=C(CC1CCNCC1)NCc1ccc(F)cc1. The van der Waals surface area contributed by atoms with Crippen LogP contribution in [0.4, 0.5) is 4.39 Å². The van der Waals surface area contributed by atoms with Gasteiger partial charge >= 0.3 is 0 Å². The molecule has 1 aromatic carbocycles. The second-order valence-electron chi connectivity index (χ2n) is 4.80. The maximum atomic E-state index is 12.7. The summed E-state index contributed by atoms with van der Waals surface area (Å²) in [7, 11) is 0. The van der Waals surface area contributed by atoms with Gasteiger partial charge in [0.25, 0.3) is 0 Å². The molecule has 1 amide bonds. The van der Waals surface area contributed by atoms with Gasteiger partial charge in [0.05, 0.1) is 0 Å². The molecule has 4 heteroatoms. The number of carbonyl (C=O) groups excluding carboxylic acids is 1. The van der Waals surface area contributed by atoms with E-state index in [-0.39, 0.29) is 11.7 Å².